The average Bonchev–Trinajstić information content (AvgIpc) is 3.18. The second kappa shape index (κ2) is 5.93. The van der Waals surface area contributed by atoms with E-state index in [1.807, 2.05) is 0 Å². The minimum absolute atomic E-state index is 0.641. The van der Waals surface area contributed by atoms with Gasteiger partial charge in [0.2, 0.25) is 0 Å². The van der Waals surface area contributed by atoms with Gasteiger partial charge in [0.15, 0.2) is 0 Å². The highest BCUT2D eigenvalue weighted by atomic mass is 15.2. The van der Waals surface area contributed by atoms with E-state index in [0.717, 1.165) is 31.4 Å². The fourth-order valence-corrected chi connectivity index (χ4v) is 3.36. The molecule has 0 aromatic carbocycles. The molecule has 1 aliphatic carbocycles. The number of hydrogen-bond donors (Lipinski definition) is 1. The average molecular weight is 288 g/mol. The van der Waals surface area contributed by atoms with Gasteiger partial charge in [-0.15, -0.1) is 0 Å². The second-order valence-electron chi connectivity index (χ2n) is 7.02. The first-order valence-corrected chi connectivity index (χ1v) is 8.15. The third-order valence-electron chi connectivity index (χ3n) is 4.83. The van der Waals surface area contributed by atoms with Crippen LogP contribution >= 0.6 is 0 Å². The van der Waals surface area contributed by atoms with Crippen molar-refractivity contribution < 1.29 is 0 Å². The van der Waals surface area contributed by atoms with Gasteiger partial charge >= 0.3 is 0 Å². The van der Waals surface area contributed by atoms with Gasteiger partial charge in [-0.3, -0.25) is 4.98 Å². The third kappa shape index (κ3) is 3.38. The molecule has 1 N–H and O–H groups in total. The number of rotatable bonds is 5. The third-order valence-corrected chi connectivity index (χ3v) is 4.83. The summed E-state index contributed by atoms with van der Waals surface area (Å²) < 4.78 is 0. The summed E-state index contributed by atoms with van der Waals surface area (Å²) in [7, 11) is 4.38. The Labute approximate surface area is 128 Å². The molecule has 1 saturated heterocycles. The highest BCUT2D eigenvalue weighted by Crippen LogP contribution is 2.30. The summed E-state index contributed by atoms with van der Waals surface area (Å²) in [6, 6.07) is 3.64. The highest BCUT2D eigenvalue weighted by Gasteiger charge is 2.32. The number of aromatic nitrogens is 1. The van der Waals surface area contributed by atoms with Crippen LogP contribution in [0.2, 0.25) is 0 Å². The van der Waals surface area contributed by atoms with E-state index in [-0.39, 0.29) is 0 Å². The van der Waals surface area contributed by atoms with Crippen molar-refractivity contribution >= 4 is 5.69 Å². The molecular formula is C17H28N4. The zero-order valence-electron chi connectivity index (χ0n) is 13.8. The summed E-state index contributed by atoms with van der Waals surface area (Å²) in [5, 5.41) is 3.62. The zero-order valence-corrected chi connectivity index (χ0v) is 13.8. The van der Waals surface area contributed by atoms with Gasteiger partial charge in [0, 0.05) is 54.9 Å². The van der Waals surface area contributed by atoms with Gasteiger partial charge in [-0.1, -0.05) is 6.92 Å². The smallest absolute Gasteiger partial charge is 0.0446 e. The van der Waals surface area contributed by atoms with Crippen molar-refractivity contribution in [3.05, 3.63) is 23.5 Å². The first kappa shape index (κ1) is 14.8. The molecule has 2 atom stereocenters. The van der Waals surface area contributed by atoms with E-state index < -0.39 is 0 Å². The van der Waals surface area contributed by atoms with Crippen molar-refractivity contribution in [1.29, 1.82) is 0 Å². The Balaban J connectivity index is 1.78. The SMILES string of the molecule is Cc1cc(N2CC(C)C(N(C)C)C2)c(CNC2CC2)cn1. The number of likely N-dealkylation sites (N-methyl/N-ethyl adjacent to an activating group) is 1. The molecule has 0 amide bonds. The molecule has 2 fully saturated rings. The van der Waals surface area contributed by atoms with E-state index in [2.05, 4.69) is 60.3 Å². The quantitative estimate of drug-likeness (QED) is 0.898. The van der Waals surface area contributed by atoms with Crippen LogP contribution in [0.15, 0.2) is 12.3 Å². The molecule has 1 aromatic heterocycles. The number of hydrogen-bond acceptors (Lipinski definition) is 4. The lowest BCUT2D eigenvalue weighted by Crippen LogP contribution is -2.34. The number of nitrogens with zero attached hydrogens (tertiary/aromatic N) is 3. The molecule has 2 heterocycles. The van der Waals surface area contributed by atoms with E-state index in [1.165, 1.54) is 24.1 Å². The summed E-state index contributed by atoms with van der Waals surface area (Å²) in [4.78, 5) is 9.42. The first-order valence-electron chi connectivity index (χ1n) is 8.15. The predicted molar refractivity (Wildman–Crippen MR) is 87.7 cm³/mol. The molecular weight excluding hydrogens is 260 g/mol. The van der Waals surface area contributed by atoms with Gasteiger partial charge in [-0.2, -0.15) is 0 Å². The van der Waals surface area contributed by atoms with Gasteiger partial charge in [-0.25, -0.2) is 0 Å². The molecule has 3 rings (SSSR count). The molecule has 4 nitrogen and oxygen atoms in total. The molecule has 1 saturated carbocycles. The molecule has 2 aliphatic rings. The Kier molecular flexibility index (Phi) is 4.18. The van der Waals surface area contributed by atoms with E-state index in [0.29, 0.717) is 12.0 Å². The normalized spacial score (nSPS) is 25.9. The largest absolute Gasteiger partial charge is 0.369 e. The predicted octanol–water partition coefficient (Wildman–Crippen LogP) is 2.03. The lowest BCUT2D eigenvalue weighted by Gasteiger charge is -2.24. The van der Waals surface area contributed by atoms with Gasteiger partial charge < -0.3 is 15.1 Å². The van der Waals surface area contributed by atoms with E-state index in [9.17, 15) is 0 Å². The number of anilines is 1. The first-order chi connectivity index (χ1) is 10.0. The number of pyridine rings is 1. The van der Waals surface area contributed by atoms with E-state index in [4.69, 9.17) is 0 Å². The summed E-state index contributed by atoms with van der Waals surface area (Å²) >= 11 is 0. The monoisotopic (exact) mass is 288 g/mol. The molecule has 21 heavy (non-hydrogen) atoms. The van der Waals surface area contributed by atoms with Crippen LogP contribution in [0.25, 0.3) is 0 Å². The van der Waals surface area contributed by atoms with Crippen molar-refractivity contribution in [2.75, 3.05) is 32.1 Å². The van der Waals surface area contributed by atoms with Gasteiger partial charge in [0.05, 0.1) is 0 Å². The van der Waals surface area contributed by atoms with Crippen molar-refractivity contribution in [2.24, 2.45) is 5.92 Å². The van der Waals surface area contributed by atoms with Crippen LogP contribution in [0.3, 0.4) is 0 Å². The van der Waals surface area contributed by atoms with Gasteiger partial charge in [0.1, 0.15) is 0 Å². The molecule has 4 heteroatoms. The topological polar surface area (TPSA) is 31.4 Å². The fraction of sp³-hybridized carbons (Fsp3) is 0.706. The summed E-state index contributed by atoms with van der Waals surface area (Å²) in [6.07, 6.45) is 4.73. The summed E-state index contributed by atoms with van der Waals surface area (Å²) in [6.45, 7) is 7.66. The van der Waals surface area contributed by atoms with Gasteiger partial charge in [0.25, 0.3) is 0 Å². The summed E-state index contributed by atoms with van der Waals surface area (Å²) in [5.41, 5.74) is 3.84. The van der Waals surface area contributed by atoms with E-state index >= 15 is 0 Å². The maximum atomic E-state index is 4.51. The minimum atomic E-state index is 0.641. The minimum Gasteiger partial charge on any atom is -0.369 e. The lowest BCUT2D eigenvalue weighted by atomic mass is 10.1. The Hall–Kier alpha value is -1.13. The maximum Gasteiger partial charge on any atom is 0.0446 e. The van der Waals surface area contributed by atoms with Crippen LogP contribution in [0.5, 0.6) is 0 Å². The summed E-state index contributed by atoms with van der Waals surface area (Å²) in [5.74, 6) is 0.706. The Morgan fingerprint density at radius 1 is 1.33 bits per heavy atom. The van der Waals surface area contributed by atoms with Crippen molar-refractivity contribution in [3.8, 4) is 0 Å². The van der Waals surface area contributed by atoms with Crippen LogP contribution in [-0.2, 0) is 6.54 Å². The molecule has 0 bridgehead atoms. The maximum absolute atomic E-state index is 4.51. The molecule has 116 valence electrons. The Bertz CT molecular complexity index is 496. The zero-order chi connectivity index (χ0) is 15.0. The van der Waals surface area contributed by atoms with Crippen LogP contribution < -0.4 is 10.2 Å². The van der Waals surface area contributed by atoms with Crippen molar-refractivity contribution in [1.82, 2.24) is 15.2 Å². The molecule has 0 radical (unpaired) electrons. The standard InChI is InChI=1S/C17H28N4/c1-12-10-21(11-17(12)20(3)4)16-7-13(2)18-8-14(16)9-19-15-5-6-15/h7-8,12,15,17,19H,5-6,9-11H2,1-4H3. The lowest BCUT2D eigenvalue weighted by molar-refractivity contribution is 0.266. The highest BCUT2D eigenvalue weighted by molar-refractivity contribution is 5.55. The van der Waals surface area contributed by atoms with Gasteiger partial charge in [-0.05, 0) is 45.8 Å². The van der Waals surface area contributed by atoms with Crippen LogP contribution in [0.1, 0.15) is 31.0 Å². The van der Waals surface area contributed by atoms with E-state index in [1.54, 1.807) is 0 Å². The molecule has 0 spiro atoms. The Morgan fingerprint density at radius 2 is 2.10 bits per heavy atom. The Morgan fingerprint density at radius 3 is 2.71 bits per heavy atom. The molecule has 1 aromatic rings. The fourth-order valence-electron chi connectivity index (χ4n) is 3.36. The molecule has 1 aliphatic heterocycles. The molecule has 2 unspecified atom stereocenters. The number of nitrogens with one attached hydrogen (secondary N) is 1. The van der Waals surface area contributed by atoms with Crippen LogP contribution in [0.4, 0.5) is 5.69 Å². The second-order valence-corrected chi connectivity index (χ2v) is 7.02. The van der Waals surface area contributed by atoms with Crippen molar-refractivity contribution in [2.45, 2.75) is 45.3 Å². The van der Waals surface area contributed by atoms with Crippen molar-refractivity contribution in [3.63, 3.8) is 0 Å². The van der Waals surface area contributed by atoms with Crippen LogP contribution in [-0.4, -0.2) is 49.2 Å². The van der Waals surface area contributed by atoms with Crippen LogP contribution in [0, 0.1) is 12.8 Å². The number of aryl methyl sites for hydroxylation is 1.